The molecule has 0 saturated carbocycles. The summed E-state index contributed by atoms with van der Waals surface area (Å²) in [4.78, 5) is 0. The van der Waals surface area contributed by atoms with Gasteiger partial charge in [-0.15, -0.1) is 0 Å². The molecule has 2 aliphatic heterocycles. The second-order valence-electron chi connectivity index (χ2n) is 5.96. The number of sulfone groups is 1. The van der Waals surface area contributed by atoms with Crippen molar-refractivity contribution in [3.05, 3.63) is 29.3 Å². The van der Waals surface area contributed by atoms with E-state index in [1.54, 1.807) is 0 Å². The predicted octanol–water partition coefficient (Wildman–Crippen LogP) is 1.20. The third-order valence-electron chi connectivity index (χ3n) is 4.01. The van der Waals surface area contributed by atoms with E-state index >= 15 is 0 Å². The van der Waals surface area contributed by atoms with Gasteiger partial charge in [0.2, 0.25) is 0 Å². The summed E-state index contributed by atoms with van der Waals surface area (Å²) in [6.45, 7) is 2.06. The molecule has 4 nitrogen and oxygen atoms in total. The Bertz CT molecular complexity index is 611. The van der Waals surface area contributed by atoms with Crippen LogP contribution in [0.4, 0.5) is 0 Å². The second-order valence-corrected chi connectivity index (χ2v) is 8.15. The number of rotatable bonds is 2. The number of hydrogen-bond donors (Lipinski definition) is 1. The smallest absolute Gasteiger partial charge is 0.152 e. The fourth-order valence-corrected chi connectivity index (χ4v) is 5.12. The number of aryl methyl sites for hydroxylation is 1. The molecule has 2 aliphatic rings. The summed E-state index contributed by atoms with van der Waals surface area (Å²) < 4.78 is 29.0. The molecule has 1 aromatic carbocycles. The summed E-state index contributed by atoms with van der Waals surface area (Å²) in [5, 5.41) is 0. The molecule has 1 aromatic rings. The van der Waals surface area contributed by atoms with Crippen molar-refractivity contribution in [2.45, 2.75) is 37.8 Å². The highest BCUT2D eigenvalue weighted by Crippen LogP contribution is 2.34. The van der Waals surface area contributed by atoms with Gasteiger partial charge in [-0.1, -0.05) is 17.7 Å². The van der Waals surface area contributed by atoms with Gasteiger partial charge >= 0.3 is 0 Å². The minimum atomic E-state index is -2.95. The lowest BCUT2D eigenvalue weighted by Gasteiger charge is -2.25. The van der Waals surface area contributed by atoms with Gasteiger partial charge in [0.05, 0.1) is 11.5 Å². The van der Waals surface area contributed by atoms with Crippen molar-refractivity contribution >= 4 is 9.84 Å². The zero-order valence-electron chi connectivity index (χ0n) is 11.1. The van der Waals surface area contributed by atoms with Gasteiger partial charge in [0.15, 0.2) is 9.84 Å². The summed E-state index contributed by atoms with van der Waals surface area (Å²) in [7, 11) is -2.95. The number of ether oxygens (including phenoxy) is 1. The lowest BCUT2D eigenvalue weighted by molar-refractivity contribution is 0.187. The molecule has 2 atom stereocenters. The Kier molecular flexibility index (Phi) is 2.87. The normalized spacial score (nSPS) is 32.0. The van der Waals surface area contributed by atoms with Crippen molar-refractivity contribution in [1.82, 2.24) is 0 Å². The van der Waals surface area contributed by atoms with Crippen molar-refractivity contribution in [2.24, 2.45) is 5.73 Å². The van der Waals surface area contributed by atoms with Gasteiger partial charge in [-0.2, -0.15) is 0 Å². The monoisotopic (exact) mass is 281 g/mol. The summed E-state index contributed by atoms with van der Waals surface area (Å²) in [6.07, 6.45) is 2.00. The zero-order chi connectivity index (χ0) is 13.7. The molecule has 1 fully saturated rings. The van der Waals surface area contributed by atoms with Crippen molar-refractivity contribution in [2.75, 3.05) is 11.5 Å². The Morgan fingerprint density at radius 1 is 1.47 bits per heavy atom. The Labute approximate surface area is 113 Å². The third-order valence-corrected chi connectivity index (χ3v) is 5.85. The Balaban J connectivity index is 1.71. The molecule has 0 aromatic heterocycles. The molecule has 2 heterocycles. The maximum absolute atomic E-state index is 11.6. The second kappa shape index (κ2) is 4.21. The first-order valence-corrected chi connectivity index (χ1v) is 8.43. The van der Waals surface area contributed by atoms with E-state index in [0.29, 0.717) is 12.8 Å². The van der Waals surface area contributed by atoms with Crippen LogP contribution in [0.3, 0.4) is 0 Å². The van der Waals surface area contributed by atoms with E-state index in [1.165, 1.54) is 11.1 Å². The molecule has 3 rings (SSSR count). The molecule has 0 spiro atoms. The summed E-state index contributed by atoms with van der Waals surface area (Å²) in [5.41, 5.74) is 8.03. The Hall–Kier alpha value is -1.07. The SMILES string of the molecule is Cc1ccc2c(c1)CC(CC1(N)CCS(=O)(=O)C1)O2. The van der Waals surface area contributed by atoms with E-state index in [2.05, 4.69) is 13.0 Å². The van der Waals surface area contributed by atoms with Crippen LogP contribution >= 0.6 is 0 Å². The molecule has 2 N–H and O–H groups in total. The number of hydrogen-bond acceptors (Lipinski definition) is 4. The molecule has 0 aliphatic carbocycles. The minimum Gasteiger partial charge on any atom is -0.490 e. The predicted molar refractivity (Wildman–Crippen MR) is 74.1 cm³/mol. The molecule has 1 saturated heterocycles. The lowest BCUT2D eigenvalue weighted by atomic mass is 9.91. The summed E-state index contributed by atoms with van der Waals surface area (Å²) in [5.74, 6) is 1.22. The van der Waals surface area contributed by atoms with Crippen LogP contribution in [0.15, 0.2) is 18.2 Å². The van der Waals surface area contributed by atoms with E-state index in [9.17, 15) is 8.42 Å². The van der Waals surface area contributed by atoms with Crippen LogP contribution in [0.5, 0.6) is 5.75 Å². The molecule has 5 heteroatoms. The van der Waals surface area contributed by atoms with E-state index in [0.717, 1.165) is 12.2 Å². The van der Waals surface area contributed by atoms with Gasteiger partial charge in [-0.3, -0.25) is 0 Å². The highest BCUT2D eigenvalue weighted by atomic mass is 32.2. The van der Waals surface area contributed by atoms with Crippen molar-refractivity contribution in [3.8, 4) is 5.75 Å². The molecular weight excluding hydrogens is 262 g/mol. The van der Waals surface area contributed by atoms with Crippen LogP contribution < -0.4 is 10.5 Å². The molecule has 104 valence electrons. The van der Waals surface area contributed by atoms with Gasteiger partial charge in [0.1, 0.15) is 11.9 Å². The molecule has 0 amide bonds. The number of fused-ring (bicyclic) bond motifs is 1. The fourth-order valence-electron chi connectivity index (χ4n) is 3.12. The van der Waals surface area contributed by atoms with Gasteiger partial charge in [-0.25, -0.2) is 8.42 Å². The van der Waals surface area contributed by atoms with Crippen molar-refractivity contribution in [1.29, 1.82) is 0 Å². The van der Waals surface area contributed by atoms with Crippen LogP contribution in [0.1, 0.15) is 24.0 Å². The van der Waals surface area contributed by atoms with Crippen LogP contribution in [-0.2, 0) is 16.3 Å². The maximum atomic E-state index is 11.6. The topological polar surface area (TPSA) is 69.4 Å². The van der Waals surface area contributed by atoms with Gasteiger partial charge < -0.3 is 10.5 Å². The van der Waals surface area contributed by atoms with Gasteiger partial charge in [-0.05, 0) is 25.0 Å². The molecule has 19 heavy (non-hydrogen) atoms. The van der Waals surface area contributed by atoms with Crippen LogP contribution in [0.2, 0.25) is 0 Å². The zero-order valence-corrected chi connectivity index (χ0v) is 11.9. The standard InChI is InChI=1S/C14H19NO3S/c1-10-2-3-13-11(6-10)7-12(18-13)8-14(15)4-5-19(16,17)9-14/h2-3,6,12H,4-5,7-9,15H2,1H3. The Morgan fingerprint density at radius 3 is 2.95 bits per heavy atom. The molecule has 2 unspecified atom stereocenters. The van der Waals surface area contributed by atoms with Gasteiger partial charge in [0.25, 0.3) is 0 Å². The third kappa shape index (κ3) is 2.62. The highest BCUT2D eigenvalue weighted by Gasteiger charge is 2.42. The first-order chi connectivity index (χ1) is 8.85. The van der Waals surface area contributed by atoms with Gasteiger partial charge in [0, 0.05) is 18.4 Å². The minimum absolute atomic E-state index is 0.00935. The summed E-state index contributed by atoms with van der Waals surface area (Å²) in [6, 6.07) is 6.14. The summed E-state index contributed by atoms with van der Waals surface area (Å²) >= 11 is 0. The average molecular weight is 281 g/mol. The molecule has 0 radical (unpaired) electrons. The molecule has 0 bridgehead atoms. The largest absolute Gasteiger partial charge is 0.490 e. The van der Waals surface area contributed by atoms with Crippen LogP contribution in [0.25, 0.3) is 0 Å². The fraction of sp³-hybridized carbons (Fsp3) is 0.571. The Morgan fingerprint density at radius 2 is 2.26 bits per heavy atom. The van der Waals surface area contributed by atoms with E-state index in [-0.39, 0.29) is 17.6 Å². The van der Waals surface area contributed by atoms with Crippen LogP contribution in [0, 0.1) is 6.92 Å². The highest BCUT2D eigenvalue weighted by molar-refractivity contribution is 7.91. The average Bonchev–Trinajstić information content (AvgIpc) is 2.78. The van der Waals surface area contributed by atoms with Crippen LogP contribution in [-0.4, -0.2) is 31.6 Å². The number of nitrogens with two attached hydrogens (primary N) is 1. The molecular formula is C14H19NO3S. The van der Waals surface area contributed by atoms with E-state index < -0.39 is 15.4 Å². The van der Waals surface area contributed by atoms with E-state index in [1.807, 2.05) is 12.1 Å². The maximum Gasteiger partial charge on any atom is 0.152 e. The quantitative estimate of drug-likeness (QED) is 0.884. The van der Waals surface area contributed by atoms with Crippen molar-refractivity contribution < 1.29 is 13.2 Å². The van der Waals surface area contributed by atoms with E-state index in [4.69, 9.17) is 10.5 Å². The first kappa shape index (κ1) is 12.9. The van der Waals surface area contributed by atoms with Crippen molar-refractivity contribution in [3.63, 3.8) is 0 Å². The lowest BCUT2D eigenvalue weighted by Crippen LogP contribution is -2.45. The first-order valence-electron chi connectivity index (χ1n) is 6.61. The number of benzene rings is 1.